The van der Waals surface area contributed by atoms with Crippen LogP contribution in [0.4, 0.5) is 0 Å². The summed E-state index contributed by atoms with van der Waals surface area (Å²) in [6.45, 7) is 7.86. The Hall–Kier alpha value is -0.110. The van der Waals surface area contributed by atoms with Crippen LogP contribution in [0.2, 0.25) is 0 Å². The van der Waals surface area contributed by atoms with Gasteiger partial charge in [0.05, 0.1) is 5.16 Å². The van der Waals surface area contributed by atoms with Gasteiger partial charge < -0.3 is 9.79 Å². The fourth-order valence-electron chi connectivity index (χ4n) is 2.44. The molecule has 0 saturated carbocycles. The van der Waals surface area contributed by atoms with Crippen molar-refractivity contribution in [3.8, 4) is 0 Å². The lowest BCUT2D eigenvalue weighted by molar-refractivity contribution is 0.326. The van der Waals surface area contributed by atoms with Gasteiger partial charge in [0.2, 0.25) is 0 Å². The molecular weight excluding hydrogens is 235 g/mol. The highest BCUT2D eigenvalue weighted by Crippen LogP contribution is 2.59. The maximum atomic E-state index is 11.8. The van der Waals surface area contributed by atoms with E-state index in [0.717, 1.165) is 31.3 Å². The Morgan fingerprint density at radius 1 is 1.18 bits per heavy atom. The fourth-order valence-corrected chi connectivity index (χ4v) is 3.84. The molecule has 0 saturated heterocycles. The summed E-state index contributed by atoms with van der Waals surface area (Å²) in [5.74, 6) is 0. The summed E-state index contributed by atoms with van der Waals surface area (Å²) in [5.41, 5.74) is 0.959. The monoisotopic (exact) mass is 262 g/mol. The lowest BCUT2D eigenvalue weighted by Crippen LogP contribution is -2.30. The van der Waals surface area contributed by atoms with Crippen LogP contribution >= 0.6 is 7.60 Å². The van der Waals surface area contributed by atoms with Gasteiger partial charge in [0, 0.05) is 0 Å². The fraction of sp³-hybridized carbons (Fsp3) is 0.846. The van der Waals surface area contributed by atoms with Crippen LogP contribution in [0.3, 0.4) is 0 Å². The molecule has 17 heavy (non-hydrogen) atoms. The normalized spacial score (nSPS) is 14.1. The van der Waals surface area contributed by atoms with Crippen molar-refractivity contribution in [2.75, 3.05) is 0 Å². The van der Waals surface area contributed by atoms with Crippen LogP contribution in [-0.2, 0) is 4.57 Å². The highest BCUT2D eigenvalue weighted by molar-refractivity contribution is 7.53. The van der Waals surface area contributed by atoms with Crippen LogP contribution < -0.4 is 0 Å². The van der Waals surface area contributed by atoms with Gasteiger partial charge >= 0.3 is 7.60 Å². The minimum absolute atomic E-state index is 0.503. The number of hydrogen-bond donors (Lipinski definition) is 2. The lowest BCUT2D eigenvalue weighted by Gasteiger charge is -2.35. The van der Waals surface area contributed by atoms with E-state index in [2.05, 4.69) is 6.92 Å². The first-order valence-corrected chi connectivity index (χ1v) is 8.25. The van der Waals surface area contributed by atoms with Gasteiger partial charge in [0.15, 0.2) is 0 Å². The SMILES string of the molecule is CCC=C(CCCC)C(CC)(CC)P(=O)(O)O. The summed E-state index contributed by atoms with van der Waals surface area (Å²) in [4.78, 5) is 19.4. The molecule has 0 aromatic heterocycles. The van der Waals surface area contributed by atoms with Crippen LogP contribution in [-0.4, -0.2) is 14.9 Å². The van der Waals surface area contributed by atoms with Crippen molar-refractivity contribution < 1.29 is 14.4 Å². The highest BCUT2D eigenvalue weighted by atomic mass is 31.2. The van der Waals surface area contributed by atoms with Gasteiger partial charge in [-0.2, -0.15) is 0 Å². The molecule has 0 aromatic carbocycles. The van der Waals surface area contributed by atoms with Crippen LogP contribution in [0.1, 0.15) is 66.2 Å². The summed E-state index contributed by atoms with van der Waals surface area (Å²) < 4.78 is 11.8. The van der Waals surface area contributed by atoms with Crippen molar-refractivity contribution >= 4 is 7.60 Å². The Kier molecular flexibility index (Phi) is 7.30. The van der Waals surface area contributed by atoms with E-state index in [9.17, 15) is 14.4 Å². The van der Waals surface area contributed by atoms with E-state index in [1.54, 1.807) is 0 Å². The summed E-state index contributed by atoms with van der Waals surface area (Å²) in [7, 11) is -4.10. The molecule has 0 fully saturated rings. The Bertz CT molecular complexity index is 287. The second-order valence-electron chi connectivity index (χ2n) is 4.52. The summed E-state index contributed by atoms with van der Waals surface area (Å²) >= 11 is 0. The Labute approximate surface area is 105 Å². The van der Waals surface area contributed by atoms with Crippen LogP contribution in [0.5, 0.6) is 0 Å². The third kappa shape index (κ3) is 3.94. The molecule has 0 rings (SSSR count). The van der Waals surface area contributed by atoms with Crippen molar-refractivity contribution in [1.29, 1.82) is 0 Å². The summed E-state index contributed by atoms with van der Waals surface area (Å²) in [6.07, 6.45) is 6.70. The minimum atomic E-state index is -4.10. The molecular formula is C13H27O3P. The van der Waals surface area contributed by atoms with E-state index in [1.165, 1.54) is 0 Å². The molecule has 0 aliphatic rings. The Morgan fingerprint density at radius 2 is 1.71 bits per heavy atom. The second-order valence-corrected chi connectivity index (χ2v) is 6.47. The number of unbranched alkanes of at least 4 members (excludes halogenated alkanes) is 1. The standard InChI is InChI=1S/C13H27O3P/c1-5-9-11-12(10-6-2)13(7-3,8-4)17(14,15)16/h10H,5-9,11H2,1-4H3,(H2,14,15,16). The number of hydrogen-bond acceptors (Lipinski definition) is 1. The van der Waals surface area contributed by atoms with Gasteiger partial charge in [-0.3, -0.25) is 4.57 Å². The van der Waals surface area contributed by atoms with Crippen LogP contribution in [0.25, 0.3) is 0 Å². The van der Waals surface area contributed by atoms with E-state index in [0.29, 0.717) is 12.8 Å². The largest absolute Gasteiger partial charge is 0.335 e. The van der Waals surface area contributed by atoms with Gasteiger partial charge in [-0.15, -0.1) is 0 Å². The third-order valence-electron chi connectivity index (χ3n) is 3.58. The number of allylic oxidation sites excluding steroid dienone is 2. The molecule has 0 aromatic rings. The summed E-state index contributed by atoms with van der Waals surface area (Å²) in [6, 6.07) is 0. The Balaban J connectivity index is 5.38. The van der Waals surface area contributed by atoms with Gasteiger partial charge in [0.1, 0.15) is 0 Å². The lowest BCUT2D eigenvalue weighted by atomic mass is 9.88. The molecule has 0 atom stereocenters. The molecule has 0 aliphatic carbocycles. The van der Waals surface area contributed by atoms with Gasteiger partial charge in [-0.1, -0.05) is 45.8 Å². The van der Waals surface area contributed by atoms with Crippen molar-refractivity contribution in [1.82, 2.24) is 0 Å². The first kappa shape index (κ1) is 16.9. The topological polar surface area (TPSA) is 57.5 Å². The smallest absolute Gasteiger partial charge is 0.324 e. The van der Waals surface area contributed by atoms with E-state index < -0.39 is 12.8 Å². The molecule has 102 valence electrons. The zero-order valence-electron chi connectivity index (χ0n) is 11.6. The minimum Gasteiger partial charge on any atom is -0.324 e. The molecule has 0 bridgehead atoms. The molecule has 0 unspecified atom stereocenters. The molecule has 0 aliphatic heterocycles. The van der Waals surface area contributed by atoms with Gasteiger partial charge in [0.25, 0.3) is 0 Å². The molecule has 0 spiro atoms. The molecule has 0 heterocycles. The number of rotatable bonds is 8. The van der Waals surface area contributed by atoms with E-state index in [4.69, 9.17) is 0 Å². The highest BCUT2D eigenvalue weighted by Gasteiger charge is 2.46. The molecule has 0 radical (unpaired) electrons. The van der Waals surface area contributed by atoms with Crippen molar-refractivity contribution in [3.63, 3.8) is 0 Å². The molecule has 2 N–H and O–H groups in total. The van der Waals surface area contributed by atoms with E-state index >= 15 is 0 Å². The molecule has 3 nitrogen and oxygen atoms in total. The van der Waals surface area contributed by atoms with Crippen LogP contribution in [0, 0.1) is 0 Å². The maximum absolute atomic E-state index is 11.8. The van der Waals surface area contributed by atoms with E-state index in [1.807, 2.05) is 26.8 Å². The zero-order valence-corrected chi connectivity index (χ0v) is 12.5. The first-order valence-electron chi connectivity index (χ1n) is 6.64. The molecule has 0 amide bonds. The van der Waals surface area contributed by atoms with Gasteiger partial charge in [-0.05, 0) is 32.1 Å². The van der Waals surface area contributed by atoms with Crippen molar-refractivity contribution in [3.05, 3.63) is 11.6 Å². The second kappa shape index (κ2) is 7.35. The maximum Gasteiger partial charge on any atom is 0.335 e. The van der Waals surface area contributed by atoms with Crippen LogP contribution in [0.15, 0.2) is 11.6 Å². The third-order valence-corrected chi connectivity index (χ3v) is 5.61. The predicted molar refractivity (Wildman–Crippen MR) is 73.3 cm³/mol. The zero-order chi connectivity index (χ0) is 13.5. The quantitative estimate of drug-likeness (QED) is 0.508. The first-order chi connectivity index (χ1) is 7.89. The van der Waals surface area contributed by atoms with Crippen molar-refractivity contribution in [2.24, 2.45) is 0 Å². The summed E-state index contributed by atoms with van der Waals surface area (Å²) in [5, 5.41) is -0.932. The average molecular weight is 262 g/mol. The average Bonchev–Trinajstić information content (AvgIpc) is 2.26. The predicted octanol–water partition coefficient (Wildman–Crippen LogP) is 4.25. The molecule has 4 heteroatoms. The van der Waals surface area contributed by atoms with Crippen molar-refractivity contribution in [2.45, 2.75) is 71.4 Å². The van der Waals surface area contributed by atoms with Gasteiger partial charge in [-0.25, -0.2) is 0 Å². The van der Waals surface area contributed by atoms with E-state index in [-0.39, 0.29) is 0 Å². The Morgan fingerprint density at radius 3 is 2.00 bits per heavy atom.